The summed E-state index contributed by atoms with van der Waals surface area (Å²) < 4.78 is 10.9. The maximum absolute atomic E-state index is 5.54. The lowest BCUT2D eigenvalue weighted by Gasteiger charge is -2.35. The molecule has 2 fully saturated rings. The highest BCUT2D eigenvalue weighted by Gasteiger charge is 2.25. The van der Waals surface area contributed by atoms with Crippen molar-refractivity contribution in [1.29, 1.82) is 0 Å². The average molecular weight is 185 g/mol. The van der Waals surface area contributed by atoms with Gasteiger partial charge in [0.05, 0.1) is 25.9 Å². The summed E-state index contributed by atoms with van der Waals surface area (Å²) in [7, 11) is 0. The van der Waals surface area contributed by atoms with Gasteiger partial charge in [-0.25, -0.2) is 0 Å². The predicted octanol–water partition coefficient (Wildman–Crippen LogP) is 0.790. The molecule has 1 atom stereocenters. The van der Waals surface area contributed by atoms with Crippen LogP contribution in [0, 0.1) is 5.92 Å². The van der Waals surface area contributed by atoms with Crippen LogP contribution in [0.15, 0.2) is 0 Å². The number of hydrogen-bond acceptors (Lipinski definition) is 3. The van der Waals surface area contributed by atoms with E-state index in [9.17, 15) is 0 Å². The maximum Gasteiger partial charge on any atom is 0.0933 e. The molecule has 76 valence electrons. The Labute approximate surface area is 79.8 Å². The third kappa shape index (κ3) is 2.66. The summed E-state index contributed by atoms with van der Waals surface area (Å²) in [5.74, 6) is 0.918. The number of hydrogen-bond donors (Lipinski definition) is 1. The van der Waals surface area contributed by atoms with E-state index in [1.165, 1.54) is 12.8 Å². The summed E-state index contributed by atoms with van der Waals surface area (Å²) in [5, 5.41) is 3.51. The molecule has 1 saturated heterocycles. The van der Waals surface area contributed by atoms with Gasteiger partial charge in [-0.2, -0.15) is 0 Å². The van der Waals surface area contributed by atoms with Crippen molar-refractivity contribution < 1.29 is 9.47 Å². The first-order valence-corrected chi connectivity index (χ1v) is 5.27. The van der Waals surface area contributed by atoms with E-state index in [1.54, 1.807) is 0 Å². The molecule has 3 heteroatoms. The molecule has 1 heterocycles. The lowest BCUT2D eigenvalue weighted by Crippen LogP contribution is -2.46. The van der Waals surface area contributed by atoms with Crippen LogP contribution in [0.5, 0.6) is 0 Å². The molecule has 1 saturated carbocycles. The number of rotatable bonds is 3. The minimum absolute atomic E-state index is 0.282. The van der Waals surface area contributed by atoms with E-state index in [0.29, 0.717) is 0 Å². The third-order valence-corrected chi connectivity index (χ3v) is 2.89. The summed E-state index contributed by atoms with van der Waals surface area (Å²) in [6.45, 7) is 5.54. The Morgan fingerprint density at radius 3 is 2.77 bits per heavy atom. The van der Waals surface area contributed by atoms with E-state index in [4.69, 9.17) is 9.47 Å². The van der Waals surface area contributed by atoms with Crippen LogP contribution in [0.25, 0.3) is 0 Å². The summed E-state index contributed by atoms with van der Waals surface area (Å²) in [5.41, 5.74) is 0. The molecule has 1 N–H and O–H groups in total. The van der Waals surface area contributed by atoms with E-state index in [0.717, 1.165) is 38.3 Å². The summed E-state index contributed by atoms with van der Waals surface area (Å²) in [6, 6.07) is 0.737. The van der Waals surface area contributed by atoms with Crippen LogP contribution < -0.4 is 5.32 Å². The molecule has 1 unspecified atom stereocenters. The summed E-state index contributed by atoms with van der Waals surface area (Å²) in [6.07, 6.45) is 2.94. The average Bonchev–Trinajstić information content (AvgIpc) is 2.12. The molecule has 0 radical (unpaired) electrons. The first-order valence-electron chi connectivity index (χ1n) is 5.27. The number of ether oxygens (including phenoxy) is 2. The van der Waals surface area contributed by atoms with Crippen molar-refractivity contribution in [3.05, 3.63) is 0 Å². The van der Waals surface area contributed by atoms with Crippen molar-refractivity contribution >= 4 is 0 Å². The molecule has 0 aromatic carbocycles. The van der Waals surface area contributed by atoms with E-state index < -0.39 is 0 Å². The molecule has 13 heavy (non-hydrogen) atoms. The smallest absolute Gasteiger partial charge is 0.0933 e. The zero-order valence-electron chi connectivity index (χ0n) is 8.29. The predicted molar refractivity (Wildman–Crippen MR) is 50.7 cm³/mol. The van der Waals surface area contributed by atoms with Crippen LogP contribution in [-0.2, 0) is 9.47 Å². The monoisotopic (exact) mass is 185 g/mol. The zero-order chi connectivity index (χ0) is 9.10. The van der Waals surface area contributed by atoms with Gasteiger partial charge in [0, 0.05) is 12.6 Å². The second kappa shape index (κ2) is 4.40. The molecule has 0 spiro atoms. The van der Waals surface area contributed by atoms with Gasteiger partial charge < -0.3 is 14.8 Å². The van der Waals surface area contributed by atoms with Crippen molar-refractivity contribution in [3.8, 4) is 0 Å². The van der Waals surface area contributed by atoms with Crippen molar-refractivity contribution in [3.63, 3.8) is 0 Å². The fourth-order valence-corrected chi connectivity index (χ4v) is 2.02. The minimum Gasteiger partial charge on any atom is -0.376 e. The number of nitrogens with one attached hydrogen (secondary N) is 1. The van der Waals surface area contributed by atoms with Gasteiger partial charge in [-0.1, -0.05) is 6.92 Å². The Hall–Kier alpha value is -0.120. The molecule has 0 amide bonds. The van der Waals surface area contributed by atoms with Gasteiger partial charge >= 0.3 is 0 Å². The van der Waals surface area contributed by atoms with E-state index >= 15 is 0 Å². The topological polar surface area (TPSA) is 30.5 Å². The lowest BCUT2D eigenvalue weighted by molar-refractivity contribution is -0.0880. The standard InChI is InChI=1S/C10H19NO2/c1-8-4-9(5-8)11-6-10-7-12-2-3-13-10/h8-11H,2-7H2,1H3. The molecule has 2 aliphatic rings. The first-order chi connectivity index (χ1) is 6.34. The van der Waals surface area contributed by atoms with Crippen molar-refractivity contribution in [2.24, 2.45) is 5.92 Å². The van der Waals surface area contributed by atoms with Crippen LogP contribution in [0.3, 0.4) is 0 Å². The Morgan fingerprint density at radius 1 is 1.31 bits per heavy atom. The van der Waals surface area contributed by atoms with Crippen molar-refractivity contribution in [1.82, 2.24) is 5.32 Å². The van der Waals surface area contributed by atoms with Crippen molar-refractivity contribution in [2.75, 3.05) is 26.4 Å². The van der Waals surface area contributed by atoms with Crippen LogP contribution in [0.1, 0.15) is 19.8 Å². The van der Waals surface area contributed by atoms with Crippen LogP contribution in [0.4, 0.5) is 0 Å². The Bertz CT molecular complexity index is 151. The quantitative estimate of drug-likeness (QED) is 0.705. The maximum atomic E-state index is 5.54. The zero-order valence-corrected chi connectivity index (χ0v) is 8.29. The van der Waals surface area contributed by atoms with Gasteiger partial charge in [0.1, 0.15) is 0 Å². The molecular formula is C10H19NO2. The molecular weight excluding hydrogens is 166 g/mol. The second-order valence-electron chi connectivity index (χ2n) is 4.25. The fraction of sp³-hybridized carbons (Fsp3) is 1.00. The van der Waals surface area contributed by atoms with Crippen LogP contribution in [-0.4, -0.2) is 38.5 Å². The molecule has 3 nitrogen and oxygen atoms in total. The minimum atomic E-state index is 0.282. The first kappa shape index (κ1) is 9.44. The highest BCUT2D eigenvalue weighted by Crippen LogP contribution is 2.26. The summed E-state index contributed by atoms with van der Waals surface area (Å²) >= 11 is 0. The fourth-order valence-electron chi connectivity index (χ4n) is 2.02. The van der Waals surface area contributed by atoms with Gasteiger partial charge in [-0.3, -0.25) is 0 Å². The molecule has 0 aromatic heterocycles. The van der Waals surface area contributed by atoms with Crippen molar-refractivity contribution in [2.45, 2.75) is 31.9 Å². The molecule has 0 aromatic rings. The van der Waals surface area contributed by atoms with Crippen LogP contribution in [0.2, 0.25) is 0 Å². The lowest BCUT2D eigenvalue weighted by atomic mass is 9.82. The van der Waals surface area contributed by atoms with Gasteiger partial charge in [0.15, 0.2) is 0 Å². The third-order valence-electron chi connectivity index (χ3n) is 2.89. The highest BCUT2D eigenvalue weighted by molar-refractivity contribution is 4.83. The second-order valence-corrected chi connectivity index (χ2v) is 4.25. The molecule has 0 bridgehead atoms. The molecule has 1 aliphatic heterocycles. The van der Waals surface area contributed by atoms with E-state index in [1.807, 2.05) is 0 Å². The summed E-state index contributed by atoms with van der Waals surface area (Å²) in [4.78, 5) is 0. The Kier molecular flexibility index (Phi) is 3.19. The van der Waals surface area contributed by atoms with Crippen LogP contribution >= 0.6 is 0 Å². The molecule has 2 rings (SSSR count). The van der Waals surface area contributed by atoms with Gasteiger partial charge in [-0.15, -0.1) is 0 Å². The highest BCUT2D eigenvalue weighted by atomic mass is 16.6. The van der Waals surface area contributed by atoms with Gasteiger partial charge in [0.25, 0.3) is 0 Å². The normalized spacial score (nSPS) is 39.9. The largest absolute Gasteiger partial charge is 0.376 e. The van der Waals surface area contributed by atoms with E-state index in [2.05, 4.69) is 12.2 Å². The van der Waals surface area contributed by atoms with Gasteiger partial charge in [0.2, 0.25) is 0 Å². The Balaban J connectivity index is 1.56. The SMILES string of the molecule is CC1CC(NCC2COCCO2)C1. The van der Waals surface area contributed by atoms with E-state index in [-0.39, 0.29) is 6.10 Å². The molecule has 1 aliphatic carbocycles. The Morgan fingerprint density at radius 2 is 2.15 bits per heavy atom. The van der Waals surface area contributed by atoms with Gasteiger partial charge in [-0.05, 0) is 18.8 Å².